The fourth-order valence-electron chi connectivity index (χ4n) is 2.74. The SMILES string of the molecule is Cc1cccc(NC(=O)C[NH+]2CCCCCCC2)c1. The van der Waals surface area contributed by atoms with E-state index in [1.165, 1.54) is 42.6 Å². The second-order valence-corrected chi connectivity index (χ2v) is 5.61. The maximum atomic E-state index is 12.1. The van der Waals surface area contributed by atoms with Crippen LogP contribution in [0.2, 0.25) is 0 Å². The molecule has 0 bridgehead atoms. The van der Waals surface area contributed by atoms with Crippen LogP contribution in [0.3, 0.4) is 0 Å². The Hall–Kier alpha value is -1.35. The van der Waals surface area contributed by atoms with E-state index in [0.29, 0.717) is 6.54 Å². The van der Waals surface area contributed by atoms with Crippen molar-refractivity contribution in [1.29, 1.82) is 0 Å². The van der Waals surface area contributed by atoms with Crippen LogP contribution in [0.15, 0.2) is 24.3 Å². The molecule has 2 rings (SSSR count). The van der Waals surface area contributed by atoms with E-state index < -0.39 is 0 Å². The number of likely N-dealkylation sites (tertiary alicyclic amines) is 1. The molecule has 1 fully saturated rings. The number of quaternary nitrogens is 1. The van der Waals surface area contributed by atoms with Gasteiger partial charge < -0.3 is 10.2 Å². The van der Waals surface area contributed by atoms with Crippen LogP contribution in [0.5, 0.6) is 0 Å². The molecule has 1 aromatic rings. The van der Waals surface area contributed by atoms with E-state index >= 15 is 0 Å². The lowest BCUT2D eigenvalue weighted by molar-refractivity contribution is -0.892. The van der Waals surface area contributed by atoms with Gasteiger partial charge in [0.2, 0.25) is 0 Å². The van der Waals surface area contributed by atoms with Crippen molar-refractivity contribution in [3.05, 3.63) is 29.8 Å². The van der Waals surface area contributed by atoms with Crippen LogP contribution in [0.25, 0.3) is 0 Å². The Balaban J connectivity index is 1.82. The molecule has 104 valence electrons. The van der Waals surface area contributed by atoms with Crippen LogP contribution >= 0.6 is 0 Å². The number of benzene rings is 1. The quantitative estimate of drug-likeness (QED) is 0.854. The fourth-order valence-corrected chi connectivity index (χ4v) is 2.74. The highest BCUT2D eigenvalue weighted by atomic mass is 16.2. The second-order valence-electron chi connectivity index (χ2n) is 5.61. The molecule has 0 radical (unpaired) electrons. The van der Waals surface area contributed by atoms with Gasteiger partial charge in [-0.05, 0) is 50.3 Å². The number of carbonyl (C=O) groups excluding carboxylic acids is 1. The van der Waals surface area contributed by atoms with Crippen LogP contribution < -0.4 is 10.2 Å². The van der Waals surface area contributed by atoms with Crippen molar-refractivity contribution < 1.29 is 9.69 Å². The van der Waals surface area contributed by atoms with Gasteiger partial charge in [0.05, 0.1) is 13.1 Å². The summed E-state index contributed by atoms with van der Waals surface area (Å²) in [6.07, 6.45) is 6.52. The van der Waals surface area contributed by atoms with Gasteiger partial charge in [-0.1, -0.05) is 18.6 Å². The van der Waals surface area contributed by atoms with E-state index in [-0.39, 0.29) is 5.91 Å². The third kappa shape index (κ3) is 5.03. The van der Waals surface area contributed by atoms with Gasteiger partial charge in [-0.25, -0.2) is 0 Å². The minimum atomic E-state index is 0.140. The molecule has 0 atom stereocenters. The summed E-state index contributed by atoms with van der Waals surface area (Å²) in [5, 5.41) is 3.01. The van der Waals surface area contributed by atoms with Gasteiger partial charge in [0, 0.05) is 5.69 Å². The average molecular weight is 261 g/mol. The van der Waals surface area contributed by atoms with E-state index in [4.69, 9.17) is 0 Å². The first-order valence-corrected chi connectivity index (χ1v) is 7.44. The molecule has 0 spiro atoms. The van der Waals surface area contributed by atoms with Crippen molar-refractivity contribution in [1.82, 2.24) is 0 Å². The van der Waals surface area contributed by atoms with Crippen molar-refractivity contribution in [3.63, 3.8) is 0 Å². The minimum absolute atomic E-state index is 0.140. The standard InChI is InChI=1S/C16H24N2O/c1-14-8-7-9-15(12-14)17-16(19)13-18-10-5-3-2-4-6-11-18/h7-9,12H,2-6,10-11,13H2,1H3,(H,17,19)/p+1. The number of hydrogen-bond donors (Lipinski definition) is 2. The first-order valence-electron chi connectivity index (χ1n) is 7.44. The van der Waals surface area contributed by atoms with Gasteiger partial charge >= 0.3 is 0 Å². The molecule has 1 aliphatic heterocycles. The Morgan fingerprint density at radius 1 is 1.16 bits per heavy atom. The molecule has 0 saturated carbocycles. The first-order chi connectivity index (χ1) is 9.24. The molecule has 3 heteroatoms. The summed E-state index contributed by atoms with van der Waals surface area (Å²) < 4.78 is 0. The minimum Gasteiger partial charge on any atom is -0.327 e. The Bertz CT molecular complexity index is 409. The highest BCUT2D eigenvalue weighted by molar-refractivity contribution is 5.91. The van der Waals surface area contributed by atoms with Crippen molar-refractivity contribution in [2.45, 2.75) is 39.0 Å². The largest absolute Gasteiger partial charge is 0.327 e. The smallest absolute Gasteiger partial charge is 0.279 e. The molecule has 2 N–H and O–H groups in total. The number of aryl methyl sites for hydroxylation is 1. The van der Waals surface area contributed by atoms with Crippen LogP contribution in [0.1, 0.15) is 37.7 Å². The summed E-state index contributed by atoms with van der Waals surface area (Å²) in [5.74, 6) is 0.140. The Labute approximate surface area is 116 Å². The molecule has 0 unspecified atom stereocenters. The zero-order valence-electron chi connectivity index (χ0n) is 11.9. The third-order valence-electron chi connectivity index (χ3n) is 3.77. The van der Waals surface area contributed by atoms with Gasteiger partial charge in [-0.2, -0.15) is 0 Å². The van der Waals surface area contributed by atoms with Gasteiger partial charge in [0.1, 0.15) is 0 Å². The summed E-state index contributed by atoms with van der Waals surface area (Å²) in [7, 11) is 0. The maximum Gasteiger partial charge on any atom is 0.279 e. The maximum absolute atomic E-state index is 12.1. The van der Waals surface area contributed by atoms with Crippen LogP contribution in [-0.4, -0.2) is 25.5 Å². The highest BCUT2D eigenvalue weighted by Gasteiger charge is 2.15. The number of rotatable bonds is 3. The van der Waals surface area contributed by atoms with Gasteiger partial charge in [0.15, 0.2) is 6.54 Å². The van der Waals surface area contributed by atoms with Crippen molar-refractivity contribution in [2.24, 2.45) is 0 Å². The topological polar surface area (TPSA) is 33.5 Å². The van der Waals surface area contributed by atoms with E-state index in [2.05, 4.69) is 5.32 Å². The monoisotopic (exact) mass is 261 g/mol. The predicted molar refractivity (Wildman–Crippen MR) is 78.5 cm³/mol. The molecule has 1 aromatic carbocycles. The highest BCUT2D eigenvalue weighted by Crippen LogP contribution is 2.08. The van der Waals surface area contributed by atoms with Gasteiger partial charge in [0.25, 0.3) is 5.91 Å². The summed E-state index contributed by atoms with van der Waals surface area (Å²) in [4.78, 5) is 13.5. The van der Waals surface area contributed by atoms with Gasteiger partial charge in [-0.15, -0.1) is 0 Å². The normalized spacial score (nSPS) is 17.5. The molecular weight excluding hydrogens is 236 g/mol. The molecule has 0 aliphatic carbocycles. The Kier molecular flexibility index (Phi) is 5.40. The van der Waals surface area contributed by atoms with Crippen molar-refractivity contribution in [3.8, 4) is 0 Å². The summed E-state index contributed by atoms with van der Waals surface area (Å²) in [6.45, 7) is 4.93. The molecule has 1 amide bonds. The lowest BCUT2D eigenvalue weighted by Gasteiger charge is -2.21. The lowest BCUT2D eigenvalue weighted by atomic mass is 10.1. The van der Waals surface area contributed by atoms with Crippen LogP contribution in [0.4, 0.5) is 5.69 Å². The number of carbonyl (C=O) groups is 1. The molecule has 1 aliphatic rings. The molecule has 1 saturated heterocycles. The van der Waals surface area contributed by atoms with Crippen LogP contribution in [0, 0.1) is 6.92 Å². The molecule has 19 heavy (non-hydrogen) atoms. The molecular formula is C16H25N2O+. The zero-order chi connectivity index (χ0) is 13.5. The van der Waals surface area contributed by atoms with Crippen molar-refractivity contribution in [2.75, 3.05) is 25.0 Å². The average Bonchev–Trinajstić information content (AvgIpc) is 2.32. The van der Waals surface area contributed by atoms with E-state index in [1.54, 1.807) is 0 Å². The second kappa shape index (κ2) is 7.29. The first kappa shape index (κ1) is 14.1. The lowest BCUT2D eigenvalue weighted by Crippen LogP contribution is -3.13. The van der Waals surface area contributed by atoms with Crippen LogP contribution in [-0.2, 0) is 4.79 Å². The zero-order valence-corrected chi connectivity index (χ0v) is 11.9. The molecule has 1 heterocycles. The fraction of sp³-hybridized carbons (Fsp3) is 0.562. The summed E-state index contributed by atoms with van der Waals surface area (Å²) >= 11 is 0. The Morgan fingerprint density at radius 3 is 2.53 bits per heavy atom. The Morgan fingerprint density at radius 2 is 1.84 bits per heavy atom. The number of nitrogens with one attached hydrogen (secondary N) is 2. The van der Waals surface area contributed by atoms with Crippen molar-refractivity contribution >= 4 is 11.6 Å². The van der Waals surface area contributed by atoms with Gasteiger partial charge in [-0.3, -0.25) is 4.79 Å². The number of hydrogen-bond acceptors (Lipinski definition) is 1. The van der Waals surface area contributed by atoms with E-state index in [1.807, 2.05) is 31.2 Å². The molecule has 0 aromatic heterocycles. The summed E-state index contributed by atoms with van der Waals surface area (Å²) in [6, 6.07) is 7.99. The number of amides is 1. The summed E-state index contributed by atoms with van der Waals surface area (Å²) in [5.41, 5.74) is 2.09. The van der Waals surface area contributed by atoms with E-state index in [9.17, 15) is 4.79 Å². The van der Waals surface area contributed by atoms with E-state index in [0.717, 1.165) is 18.8 Å². The predicted octanol–water partition coefficient (Wildman–Crippen LogP) is 1.78. The third-order valence-corrected chi connectivity index (χ3v) is 3.77. The molecule has 3 nitrogen and oxygen atoms in total. The number of anilines is 1.